The molecule has 94 valence electrons. The first-order valence-electron chi connectivity index (χ1n) is 5.34. The molecular weight excluding hydrogens is 361 g/mol. The van der Waals surface area contributed by atoms with E-state index in [1.165, 1.54) is 0 Å². The van der Waals surface area contributed by atoms with Gasteiger partial charge >= 0.3 is 0 Å². The number of thiophene rings is 1. The van der Waals surface area contributed by atoms with Gasteiger partial charge in [-0.3, -0.25) is 4.79 Å². The van der Waals surface area contributed by atoms with Crippen LogP contribution in [0.15, 0.2) is 35.7 Å². The molecule has 1 aromatic carbocycles. The van der Waals surface area contributed by atoms with Gasteiger partial charge in [-0.1, -0.05) is 12.1 Å². The number of hydrogen-bond donors (Lipinski definition) is 1. The molecule has 1 amide bonds. The van der Waals surface area contributed by atoms with E-state index >= 15 is 0 Å². The summed E-state index contributed by atoms with van der Waals surface area (Å²) in [4.78, 5) is 11.8. The number of carbonyl (C=O) groups is 1. The molecule has 0 atom stereocenters. The zero-order chi connectivity index (χ0) is 13.0. The van der Waals surface area contributed by atoms with E-state index in [2.05, 4.69) is 27.9 Å². The molecule has 1 heterocycles. The van der Waals surface area contributed by atoms with Crippen LogP contribution in [-0.4, -0.2) is 13.0 Å². The summed E-state index contributed by atoms with van der Waals surface area (Å²) in [5.41, 5.74) is 1.77. The molecule has 1 N–H and O–H groups in total. The zero-order valence-corrected chi connectivity index (χ0v) is 12.7. The number of halogens is 1. The van der Waals surface area contributed by atoms with Gasteiger partial charge in [-0.25, -0.2) is 0 Å². The molecule has 0 saturated carbocycles. The highest BCUT2D eigenvalue weighted by Gasteiger charge is 2.07. The average molecular weight is 373 g/mol. The van der Waals surface area contributed by atoms with Gasteiger partial charge < -0.3 is 10.1 Å². The summed E-state index contributed by atoms with van der Waals surface area (Å²) in [6.07, 6.45) is 0. The highest BCUT2D eigenvalue weighted by atomic mass is 127. The van der Waals surface area contributed by atoms with Crippen LogP contribution in [0.4, 0.5) is 0 Å². The van der Waals surface area contributed by atoms with Crippen LogP contribution in [0.5, 0.6) is 5.75 Å². The minimum absolute atomic E-state index is 0.0371. The van der Waals surface area contributed by atoms with Crippen molar-refractivity contribution in [2.45, 2.75) is 6.54 Å². The quantitative estimate of drug-likeness (QED) is 0.836. The van der Waals surface area contributed by atoms with Crippen LogP contribution in [0, 0.1) is 2.88 Å². The molecule has 2 aromatic rings. The van der Waals surface area contributed by atoms with Crippen molar-refractivity contribution in [2.24, 2.45) is 0 Å². The Hall–Kier alpha value is -1.08. The molecule has 0 aliphatic rings. The summed E-state index contributed by atoms with van der Waals surface area (Å²) in [6, 6.07) is 9.53. The Balaban J connectivity index is 1.92. The number of methoxy groups -OCH3 is 1. The highest BCUT2D eigenvalue weighted by Crippen LogP contribution is 2.16. The van der Waals surface area contributed by atoms with Gasteiger partial charge in [0.05, 0.1) is 15.6 Å². The van der Waals surface area contributed by atoms with Crippen LogP contribution < -0.4 is 10.1 Å². The maximum absolute atomic E-state index is 11.8. The van der Waals surface area contributed by atoms with Gasteiger partial charge in [-0.05, 0) is 46.4 Å². The van der Waals surface area contributed by atoms with Crippen molar-refractivity contribution < 1.29 is 9.53 Å². The lowest BCUT2D eigenvalue weighted by molar-refractivity contribution is 0.0951. The zero-order valence-electron chi connectivity index (χ0n) is 9.77. The van der Waals surface area contributed by atoms with Crippen molar-refractivity contribution in [3.05, 3.63) is 49.7 Å². The predicted octanol–water partition coefficient (Wildman–Crippen LogP) is 3.29. The normalized spacial score (nSPS) is 10.1. The predicted molar refractivity (Wildman–Crippen MR) is 81.2 cm³/mol. The Labute approximate surface area is 123 Å². The van der Waals surface area contributed by atoms with E-state index < -0.39 is 0 Å². The molecule has 0 bridgehead atoms. The van der Waals surface area contributed by atoms with Gasteiger partial charge in [-0.2, -0.15) is 0 Å². The third-order valence-corrected chi connectivity index (χ3v) is 4.23. The summed E-state index contributed by atoms with van der Waals surface area (Å²) in [7, 11) is 1.63. The highest BCUT2D eigenvalue weighted by molar-refractivity contribution is 14.1. The van der Waals surface area contributed by atoms with Crippen molar-refractivity contribution >= 4 is 39.8 Å². The Morgan fingerprint density at radius 1 is 1.39 bits per heavy atom. The van der Waals surface area contributed by atoms with E-state index in [1.807, 2.05) is 35.7 Å². The van der Waals surface area contributed by atoms with Crippen molar-refractivity contribution in [3.8, 4) is 5.75 Å². The van der Waals surface area contributed by atoms with Gasteiger partial charge in [0.2, 0.25) is 0 Å². The number of nitrogens with one attached hydrogen (secondary N) is 1. The maximum Gasteiger partial charge on any atom is 0.252 e. The minimum Gasteiger partial charge on any atom is -0.497 e. The second kappa shape index (κ2) is 6.19. The number of carbonyl (C=O) groups excluding carboxylic acids is 1. The monoisotopic (exact) mass is 373 g/mol. The van der Waals surface area contributed by atoms with E-state index in [0.717, 1.165) is 19.8 Å². The minimum atomic E-state index is -0.0371. The Kier molecular flexibility index (Phi) is 4.60. The van der Waals surface area contributed by atoms with E-state index in [4.69, 9.17) is 4.74 Å². The molecule has 1 aromatic heterocycles. The van der Waals surface area contributed by atoms with Crippen molar-refractivity contribution in [2.75, 3.05) is 7.11 Å². The number of rotatable bonds is 4. The van der Waals surface area contributed by atoms with Crippen LogP contribution in [0.2, 0.25) is 0 Å². The fraction of sp³-hybridized carbons (Fsp3) is 0.154. The SMILES string of the molecule is COc1ccc(CNC(=O)c2csc(I)c2)cc1. The first kappa shape index (κ1) is 13.4. The first-order valence-corrected chi connectivity index (χ1v) is 7.30. The van der Waals surface area contributed by atoms with Crippen molar-refractivity contribution in [1.29, 1.82) is 0 Å². The number of hydrogen-bond acceptors (Lipinski definition) is 3. The van der Waals surface area contributed by atoms with Gasteiger partial charge in [0.1, 0.15) is 5.75 Å². The molecule has 0 unspecified atom stereocenters. The number of benzene rings is 1. The lowest BCUT2D eigenvalue weighted by atomic mass is 10.2. The molecule has 0 fully saturated rings. The Morgan fingerprint density at radius 2 is 2.11 bits per heavy atom. The molecule has 0 radical (unpaired) electrons. The fourth-order valence-electron chi connectivity index (χ4n) is 1.46. The van der Waals surface area contributed by atoms with E-state index in [1.54, 1.807) is 18.4 Å². The Morgan fingerprint density at radius 3 is 2.67 bits per heavy atom. The largest absolute Gasteiger partial charge is 0.497 e. The van der Waals surface area contributed by atoms with Crippen molar-refractivity contribution in [1.82, 2.24) is 5.32 Å². The lowest BCUT2D eigenvalue weighted by Crippen LogP contribution is -2.22. The summed E-state index contributed by atoms with van der Waals surface area (Å²) < 4.78 is 6.19. The van der Waals surface area contributed by atoms with Crippen LogP contribution in [0.25, 0.3) is 0 Å². The molecule has 2 rings (SSSR count). The van der Waals surface area contributed by atoms with Crippen LogP contribution >= 0.6 is 33.9 Å². The van der Waals surface area contributed by atoms with Crippen molar-refractivity contribution in [3.63, 3.8) is 0 Å². The molecular formula is C13H12INO2S. The molecule has 18 heavy (non-hydrogen) atoms. The third kappa shape index (κ3) is 3.46. The second-order valence-corrected chi connectivity index (χ2v) is 6.48. The van der Waals surface area contributed by atoms with Gasteiger partial charge in [0.15, 0.2) is 0 Å². The summed E-state index contributed by atoms with van der Waals surface area (Å²) in [6.45, 7) is 0.523. The van der Waals surface area contributed by atoms with Gasteiger partial charge in [0.25, 0.3) is 5.91 Å². The standard InChI is InChI=1S/C13H12INO2S/c1-17-11-4-2-9(3-5-11)7-15-13(16)10-6-12(14)18-8-10/h2-6,8H,7H2,1H3,(H,15,16). The molecule has 0 spiro atoms. The van der Waals surface area contributed by atoms with Crippen LogP contribution in [-0.2, 0) is 6.54 Å². The molecule has 0 saturated heterocycles. The maximum atomic E-state index is 11.8. The number of ether oxygens (including phenoxy) is 1. The summed E-state index contributed by atoms with van der Waals surface area (Å²) >= 11 is 3.77. The molecule has 3 nitrogen and oxygen atoms in total. The average Bonchev–Trinajstić information content (AvgIpc) is 2.83. The Bertz CT molecular complexity index is 536. The van der Waals surface area contributed by atoms with E-state index in [-0.39, 0.29) is 5.91 Å². The lowest BCUT2D eigenvalue weighted by Gasteiger charge is -2.05. The molecule has 0 aliphatic heterocycles. The van der Waals surface area contributed by atoms with E-state index in [0.29, 0.717) is 6.54 Å². The van der Waals surface area contributed by atoms with E-state index in [9.17, 15) is 4.79 Å². The van der Waals surface area contributed by atoms with Crippen LogP contribution in [0.3, 0.4) is 0 Å². The van der Waals surface area contributed by atoms with Gasteiger partial charge in [0, 0.05) is 11.9 Å². The summed E-state index contributed by atoms with van der Waals surface area (Å²) in [5, 5.41) is 4.76. The van der Waals surface area contributed by atoms with Crippen LogP contribution in [0.1, 0.15) is 15.9 Å². The molecule has 0 aliphatic carbocycles. The van der Waals surface area contributed by atoms with Gasteiger partial charge in [-0.15, -0.1) is 11.3 Å². The second-order valence-electron chi connectivity index (χ2n) is 3.67. The third-order valence-electron chi connectivity index (χ3n) is 2.44. The summed E-state index contributed by atoms with van der Waals surface area (Å²) in [5.74, 6) is 0.780. The molecule has 5 heteroatoms. The number of amides is 1. The first-order chi connectivity index (χ1) is 8.69. The fourth-order valence-corrected chi connectivity index (χ4v) is 2.78. The topological polar surface area (TPSA) is 38.3 Å². The smallest absolute Gasteiger partial charge is 0.252 e.